The quantitative estimate of drug-likeness (QED) is 0.798. The van der Waals surface area contributed by atoms with Crippen LogP contribution in [0.3, 0.4) is 0 Å². The molecule has 9 nitrogen and oxygen atoms in total. The highest BCUT2D eigenvalue weighted by molar-refractivity contribution is 5.68. The van der Waals surface area contributed by atoms with Crippen molar-refractivity contribution in [1.82, 2.24) is 15.0 Å². The van der Waals surface area contributed by atoms with E-state index in [-0.39, 0.29) is 6.10 Å². The maximum atomic E-state index is 12.4. The average molecular weight is 341 g/mol. The van der Waals surface area contributed by atoms with Crippen LogP contribution in [0.5, 0.6) is 0 Å². The number of amides is 1. The van der Waals surface area contributed by atoms with Gasteiger partial charge >= 0.3 is 6.09 Å². The van der Waals surface area contributed by atoms with Crippen LogP contribution in [0.25, 0.3) is 0 Å². The zero-order chi connectivity index (χ0) is 17.2. The molecule has 1 amide bonds. The van der Waals surface area contributed by atoms with Crippen molar-refractivity contribution in [3.05, 3.63) is 11.7 Å². The lowest BCUT2D eigenvalue weighted by Crippen LogP contribution is -2.46. The van der Waals surface area contributed by atoms with Crippen LogP contribution in [-0.2, 0) is 18.9 Å². The van der Waals surface area contributed by atoms with Crippen LogP contribution in [0, 0.1) is 0 Å². The summed E-state index contributed by atoms with van der Waals surface area (Å²) in [5.74, 6) is 0.726. The SMILES string of the molecule is CC(C)(C)OC(=O)N1CCOC[C@@H]1c1noc([C@@H]2COCCO2)n1. The summed E-state index contributed by atoms with van der Waals surface area (Å²) >= 11 is 0. The summed E-state index contributed by atoms with van der Waals surface area (Å²) in [6.45, 7) is 8.04. The van der Waals surface area contributed by atoms with E-state index in [0.29, 0.717) is 51.3 Å². The van der Waals surface area contributed by atoms with Gasteiger partial charge in [0.2, 0.25) is 0 Å². The zero-order valence-electron chi connectivity index (χ0n) is 14.2. The first-order valence-corrected chi connectivity index (χ1v) is 8.04. The van der Waals surface area contributed by atoms with E-state index in [4.69, 9.17) is 23.5 Å². The molecule has 1 aromatic heterocycles. The van der Waals surface area contributed by atoms with E-state index in [2.05, 4.69) is 10.1 Å². The van der Waals surface area contributed by atoms with Gasteiger partial charge in [-0.2, -0.15) is 4.98 Å². The van der Waals surface area contributed by atoms with Gasteiger partial charge in [0.15, 0.2) is 11.9 Å². The molecule has 3 rings (SSSR count). The maximum Gasteiger partial charge on any atom is 0.411 e. The van der Waals surface area contributed by atoms with Gasteiger partial charge < -0.3 is 23.5 Å². The van der Waals surface area contributed by atoms with Crippen molar-refractivity contribution >= 4 is 6.09 Å². The maximum absolute atomic E-state index is 12.4. The Labute approximate surface area is 140 Å². The molecule has 1 aromatic rings. The lowest BCUT2D eigenvalue weighted by molar-refractivity contribution is -0.101. The second kappa shape index (κ2) is 7.04. The fraction of sp³-hybridized carbons (Fsp3) is 0.800. The third-order valence-corrected chi connectivity index (χ3v) is 3.60. The summed E-state index contributed by atoms with van der Waals surface area (Å²) in [6.07, 6.45) is -0.793. The van der Waals surface area contributed by atoms with Crippen LogP contribution in [0.2, 0.25) is 0 Å². The first-order valence-electron chi connectivity index (χ1n) is 8.04. The van der Waals surface area contributed by atoms with Crippen molar-refractivity contribution in [3.8, 4) is 0 Å². The Bertz CT molecular complexity index is 564. The number of rotatable bonds is 2. The first-order chi connectivity index (χ1) is 11.4. The zero-order valence-corrected chi connectivity index (χ0v) is 14.2. The van der Waals surface area contributed by atoms with Crippen molar-refractivity contribution in [1.29, 1.82) is 0 Å². The van der Waals surface area contributed by atoms with Gasteiger partial charge in [-0.25, -0.2) is 4.79 Å². The fourth-order valence-electron chi connectivity index (χ4n) is 2.50. The van der Waals surface area contributed by atoms with E-state index in [9.17, 15) is 4.79 Å². The summed E-state index contributed by atoms with van der Waals surface area (Å²) in [5, 5.41) is 3.99. The second-order valence-electron chi connectivity index (χ2n) is 6.69. The van der Waals surface area contributed by atoms with E-state index in [0.717, 1.165) is 0 Å². The third kappa shape index (κ3) is 4.03. The Balaban J connectivity index is 1.73. The number of carbonyl (C=O) groups excluding carboxylic acids is 1. The Morgan fingerprint density at radius 1 is 1.21 bits per heavy atom. The Hall–Kier alpha value is -1.71. The van der Waals surface area contributed by atoms with Crippen molar-refractivity contribution < 1.29 is 28.3 Å². The highest BCUT2D eigenvalue weighted by Crippen LogP contribution is 2.26. The predicted octanol–water partition coefficient (Wildman–Crippen LogP) is 1.47. The van der Waals surface area contributed by atoms with Crippen LogP contribution < -0.4 is 0 Å². The van der Waals surface area contributed by atoms with Crippen LogP contribution >= 0.6 is 0 Å². The van der Waals surface area contributed by atoms with Crippen LogP contribution in [0.1, 0.15) is 44.6 Å². The van der Waals surface area contributed by atoms with Gasteiger partial charge in [-0.05, 0) is 20.8 Å². The fourth-order valence-corrected chi connectivity index (χ4v) is 2.50. The molecule has 3 heterocycles. The van der Waals surface area contributed by atoms with E-state index in [1.165, 1.54) is 0 Å². The first kappa shape index (κ1) is 17.1. The molecule has 0 aliphatic carbocycles. The molecule has 9 heteroatoms. The van der Waals surface area contributed by atoms with E-state index < -0.39 is 17.7 Å². The minimum atomic E-state index is -0.574. The van der Waals surface area contributed by atoms with Crippen LogP contribution in [0.4, 0.5) is 4.79 Å². The normalized spacial score (nSPS) is 25.5. The molecular weight excluding hydrogens is 318 g/mol. The molecule has 0 saturated carbocycles. The summed E-state index contributed by atoms with van der Waals surface area (Å²) in [6, 6.07) is -0.449. The summed E-state index contributed by atoms with van der Waals surface area (Å²) < 4.78 is 27.1. The van der Waals surface area contributed by atoms with Crippen molar-refractivity contribution in [2.24, 2.45) is 0 Å². The van der Waals surface area contributed by atoms with Crippen molar-refractivity contribution in [2.75, 3.05) is 39.6 Å². The number of morpholine rings is 1. The van der Waals surface area contributed by atoms with Gasteiger partial charge in [-0.3, -0.25) is 4.90 Å². The summed E-state index contributed by atoms with van der Waals surface area (Å²) in [7, 11) is 0. The molecule has 2 saturated heterocycles. The highest BCUT2D eigenvalue weighted by atomic mass is 16.6. The standard InChI is InChI=1S/C15H23N3O6/c1-15(2,3)23-14(19)18-4-5-20-8-10(18)12-16-13(24-17-12)11-9-21-6-7-22-11/h10-11H,4-9H2,1-3H3/t10-,11+/m1/s1. The third-order valence-electron chi connectivity index (χ3n) is 3.60. The van der Waals surface area contributed by atoms with Gasteiger partial charge in [-0.15, -0.1) is 0 Å². The molecule has 2 aliphatic heterocycles. The van der Waals surface area contributed by atoms with E-state index in [1.54, 1.807) is 4.90 Å². The number of carbonyl (C=O) groups is 1. The van der Waals surface area contributed by atoms with Crippen molar-refractivity contribution in [3.63, 3.8) is 0 Å². The molecule has 2 aliphatic rings. The van der Waals surface area contributed by atoms with Gasteiger partial charge in [0.05, 0.1) is 33.0 Å². The Kier molecular flexibility index (Phi) is 5.02. The molecular formula is C15H23N3O6. The number of hydrogen-bond donors (Lipinski definition) is 0. The number of hydrogen-bond acceptors (Lipinski definition) is 8. The largest absolute Gasteiger partial charge is 0.444 e. The highest BCUT2D eigenvalue weighted by Gasteiger charge is 2.36. The number of ether oxygens (including phenoxy) is 4. The molecule has 0 aromatic carbocycles. The van der Waals surface area contributed by atoms with Crippen LogP contribution in [0.15, 0.2) is 4.52 Å². The minimum absolute atomic E-state index is 0.292. The molecule has 24 heavy (non-hydrogen) atoms. The van der Waals surface area contributed by atoms with E-state index >= 15 is 0 Å². The van der Waals surface area contributed by atoms with Gasteiger partial charge in [-0.1, -0.05) is 5.16 Å². The Morgan fingerprint density at radius 3 is 2.71 bits per heavy atom. The smallest absolute Gasteiger partial charge is 0.411 e. The Morgan fingerprint density at radius 2 is 2.00 bits per heavy atom. The van der Waals surface area contributed by atoms with Crippen molar-refractivity contribution in [2.45, 2.75) is 38.5 Å². The lowest BCUT2D eigenvalue weighted by Gasteiger charge is -2.34. The molecule has 2 fully saturated rings. The number of nitrogens with zero attached hydrogens (tertiary/aromatic N) is 3. The minimum Gasteiger partial charge on any atom is -0.444 e. The molecule has 134 valence electrons. The molecule has 2 atom stereocenters. The predicted molar refractivity (Wildman–Crippen MR) is 80.3 cm³/mol. The lowest BCUT2D eigenvalue weighted by atomic mass is 10.2. The molecule has 0 bridgehead atoms. The second-order valence-corrected chi connectivity index (χ2v) is 6.69. The molecule has 0 radical (unpaired) electrons. The molecule has 0 unspecified atom stereocenters. The van der Waals surface area contributed by atoms with Gasteiger partial charge in [0, 0.05) is 6.54 Å². The summed E-state index contributed by atoms with van der Waals surface area (Å²) in [5.41, 5.74) is -0.574. The van der Waals surface area contributed by atoms with Gasteiger partial charge in [0.1, 0.15) is 11.6 Å². The monoisotopic (exact) mass is 341 g/mol. The number of aromatic nitrogens is 2. The average Bonchev–Trinajstić information content (AvgIpc) is 3.04. The molecule has 0 spiro atoms. The topological polar surface area (TPSA) is 96.2 Å². The van der Waals surface area contributed by atoms with E-state index in [1.807, 2.05) is 20.8 Å². The summed E-state index contributed by atoms with van der Waals surface area (Å²) in [4.78, 5) is 18.4. The van der Waals surface area contributed by atoms with Crippen LogP contribution in [-0.4, -0.2) is 66.3 Å². The molecule has 0 N–H and O–H groups in total. The van der Waals surface area contributed by atoms with Gasteiger partial charge in [0.25, 0.3) is 5.89 Å².